The zero-order valence-corrected chi connectivity index (χ0v) is 17.6. The molecule has 3 aromatic rings. The number of fused-ring (bicyclic) bond motifs is 1. The third kappa shape index (κ3) is 3.35. The Bertz CT molecular complexity index is 1120. The van der Waals surface area contributed by atoms with E-state index in [1.54, 1.807) is 29.6 Å². The number of rotatable bonds is 3. The molecule has 1 atom stereocenters. The van der Waals surface area contributed by atoms with Crippen molar-refractivity contribution in [3.63, 3.8) is 0 Å². The molecule has 4 rings (SSSR count). The standard InChI is InChI=1S/C20H16BrNO3S2/c1-12-2-8-15(9-3-12)27(24,25)17-11-26-20-16(10-18(23)22-19(17)20)13-4-6-14(21)7-5-13/h2-9,11,16H,10H2,1H3,(H,22,23)/t16-/m1/s1. The molecule has 27 heavy (non-hydrogen) atoms. The van der Waals surface area contributed by atoms with E-state index in [0.29, 0.717) is 12.1 Å². The Kier molecular flexibility index (Phi) is 4.70. The summed E-state index contributed by atoms with van der Waals surface area (Å²) in [6.45, 7) is 1.91. The van der Waals surface area contributed by atoms with E-state index in [2.05, 4.69) is 21.2 Å². The van der Waals surface area contributed by atoms with Gasteiger partial charge in [0.25, 0.3) is 0 Å². The molecule has 0 spiro atoms. The van der Waals surface area contributed by atoms with Gasteiger partial charge >= 0.3 is 0 Å². The fourth-order valence-corrected chi connectivity index (χ4v) is 6.38. The second kappa shape index (κ2) is 6.89. The van der Waals surface area contributed by atoms with E-state index in [4.69, 9.17) is 0 Å². The zero-order chi connectivity index (χ0) is 19.2. The predicted octanol–water partition coefficient (Wildman–Crippen LogP) is 5.13. The Morgan fingerprint density at radius 2 is 1.74 bits per heavy atom. The lowest BCUT2D eigenvalue weighted by molar-refractivity contribution is -0.116. The van der Waals surface area contributed by atoms with Crippen LogP contribution in [0.5, 0.6) is 0 Å². The highest BCUT2D eigenvalue weighted by molar-refractivity contribution is 9.10. The van der Waals surface area contributed by atoms with Gasteiger partial charge in [-0.05, 0) is 36.8 Å². The summed E-state index contributed by atoms with van der Waals surface area (Å²) in [5.41, 5.74) is 2.41. The van der Waals surface area contributed by atoms with Crippen molar-refractivity contribution in [1.82, 2.24) is 0 Å². The number of carbonyl (C=O) groups is 1. The van der Waals surface area contributed by atoms with E-state index in [0.717, 1.165) is 20.5 Å². The highest BCUT2D eigenvalue weighted by atomic mass is 79.9. The maximum absolute atomic E-state index is 13.1. The molecule has 7 heteroatoms. The lowest BCUT2D eigenvalue weighted by Gasteiger charge is -2.23. The number of aryl methyl sites for hydroxylation is 1. The van der Waals surface area contributed by atoms with Gasteiger partial charge < -0.3 is 5.32 Å². The molecule has 1 aliphatic rings. The van der Waals surface area contributed by atoms with Gasteiger partial charge in [-0.1, -0.05) is 45.8 Å². The maximum atomic E-state index is 13.1. The normalized spacial score (nSPS) is 16.7. The molecule has 1 aliphatic heterocycles. The number of thiophene rings is 1. The molecule has 1 aromatic heterocycles. The molecule has 0 saturated carbocycles. The quantitative estimate of drug-likeness (QED) is 0.587. The molecule has 0 unspecified atom stereocenters. The topological polar surface area (TPSA) is 63.2 Å². The van der Waals surface area contributed by atoms with E-state index in [1.807, 2.05) is 31.2 Å². The molecule has 0 radical (unpaired) electrons. The first-order valence-electron chi connectivity index (χ1n) is 8.35. The van der Waals surface area contributed by atoms with Gasteiger partial charge in [-0.15, -0.1) is 11.3 Å². The summed E-state index contributed by atoms with van der Waals surface area (Å²) >= 11 is 4.80. The van der Waals surface area contributed by atoms with Gasteiger partial charge in [-0.2, -0.15) is 0 Å². The molecule has 0 aliphatic carbocycles. The number of hydrogen-bond donors (Lipinski definition) is 1. The summed E-state index contributed by atoms with van der Waals surface area (Å²) in [6.07, 6.45) is 0.305. The summed E-state index contributed by atoms with van der Waals surface area (Å²) < 4.78 is 27.2. The molecule has 2 heterocycles. The molecule has 1 amide bonds. The van der Waals surface area contributed by atoms with Gasteiger partial charge in [0, 0.05) is 27.1 Å². The lowest BCUT2D eigenvalue weighted by atomic mass is 9.91. The molecule has 0 fully saturated rings. The Balaban J connectivity index is 1.82. The van der Waals surface area contributed by atoms with Crippen molar-refractivity contribution in [2.24, 2.45) is 0 Å². The lowest BCUT2D eigenvalue weighted by Crippen LogP contribution is -2.23. The van der Waals surface area contributed by atoms with Crippen LogP contribution in [-0.4, -0.2) is 14.3 Å². The summed E-state index contributed by atoms with van der Waals surface area (Å²) in [7, 11) is -3.70. The van der Waals surface area contributed by atoms with E-state index in [-0.39, 0.29) is 21.6 Å². The largest absolute Gasteiger partial charge is 0.324 e. The average molecular weight is 462 g/mol. The number of sulfone groups is 1. The number of anilines is 1. The van der Waals surface area contributed by atoms with E-state index < -0.39 is 9.84 Å². The zero-order valence-electron chi connectivity index (χ0n) is 14.4. The number of nitrogens with one attached hydrogen (secondary N) is 1. The molecule has 0 bridgehead atoms. The molecule has 0 saturated heterocycles. The van der Waals surface area contributed by atoms with Crippen LogP contribution in [0.2, 0.25) is 0 Å². The minimum atomic E-state index is -3.70. The fraction of sp³-hybridized carbons (Fsp3) is 0.150. The Morgan fingerprint density at radius 3 is 2.41 bits per heavy atom. The van der Waals surface area contributed by atoms with E-state index >= 15 is 0 Å². The minimum absolute atomic E-state index is 0.145. The highest BCUT2D eigenvalue weighted by Gasteiger charge is 2.34. The summed E-state index contributed by atoms with van der Waals surface area (Å²) in [6, 6.07) is 14.5. The number of halogens is 1. The summed E-state index contributed by atoms with van der Waals surface area (Å²) in [4.78, 5) is 13.6. The number of hydrogen-bond acceptors (Lipinski definition) is 4. The van der Waals surface area contributed by atoms with Gasteiger partial charge in [-0.25, -0.2) is 8.42 Å². The molecule has 138 valence electrons. The van der Waals surface area contributed by atoms with Crippen LogP contribution >= 0.6 is 27.3 Å². The first-order chi connectivity index (χ1) is 12.9. The molecule has 1 N–H and O–H groups in total. The molecular weight excluding hydrogens is 446 g/mol. The third-order valence-electron chi connectivity index (χ3n) is 4.65. The van der Waals surface area contributed by atoms with Crippen LogP contribution in [0.3, 0.4) is 0 Å². The smallest absolute Gasteiger partial charge is 0.225 e. The first-order valence-corrected chi connectivity index (χ1v) is 11.5. The van der Waals surface area contributed by atoms with Crippen molar-refractivity contribution in [2.45, 2.75) is 29.1 Å². The number of benzene rings is 2. The second-order valence-electron chi connectivity index (χ2n) is 6.51. The van der Waals surface area contributed by atoms with Crippen LogP contribution in [0.4, 0.5) is 5.69 Å². The van der Waals surface area contributed by atoms with Crippen LogP contribution in [-0.2, 0) is 14.6 Å². The summed E-state index contributed by atoms with van der Waals surface area (Å²) in [5, 5.41) is 4.43. The van der Waals surface area contributed by atoms with Crippen LogP contribution in [0.1, 0.15) is 28.3 Å². The predicted molar refractivity (Wildman–Crippen MR) is 110 cm³/mol. The van der Waals surface area contributed by atoms with Crippen LogP contribution < -0.4 is 5.32 Å². The highest BCUT2D eigenvalue weighted by Crippen LogP contribution is 2.45. The van der Waals surface area contributed by atoms with Crippen LogP contribution in [0.25, 0.3) is 0 Å². The first kappa shape index (κ1) is 18.4. The molecule has 2 aromatic carbocycles. The van der Waals surface area contributed by atoms with Crippen molar-refractivity contribution < 1.29 is 13.2 Å². The third-order valence-corrected chi connectivity index (χ3v) is 8.22. The Labute approximate surface area is 170 Å². The van der Waals surface area contributed by atoms with Crippen molar-refractivity contribution in [3.8, 4) is 0 Å². The molecule has 4 nitrogen and oxygen atoms in total. The number of carbonyl (C=O) groups excluding carboxylic acids is 1. The van der Waals surface area contributed by atoms with Crippen molar-refractivity contribution in [3.05, 3.63) is 74.4 Å². The Morgan fingerprint density at radius 1 is 1.07 bits per heavy atom. The van der Waals surface area contributed by atoms with Crippen LogP contribution in [0, 0.1) is 6.92 Å². The van der Waals surface area contributed by atoms with E-state index in [9.17, 15) is 13.2 Å². The SMILES string of the molecule is Cc1ccc(S(=O)(=O)c2csc3c2NC(=O)C[C@@H]3c2ccc(Br)cc2)cc1. The minimum Gasteiger partial charge on any atom is -0.324 e. The van der Waals surface area contributed by atoms with Gasteiger partial charge in [0.15, 0.2) is 0 Å². The van der Waals surface area contributed by atoms with Crippen molar-refractivity contribution in [1.29, 1.82) is 0 Å². The Hall–Kier alpha value is -1.96. The maximum Gasteiger partial charge on any atom is 0.225 e. The summed E-state index contributed by atoms with van der Waals surface area (Å²) in [5.74, 6) is -0.317. The van der Waals surface area contributed by atoms with Crippen LogP contribution in [0.15, 0.2) is 68.2 Å². The number of amides is 1. The fourth-order valence-electron chi connectivity index (χ4n) is 3.21. The van der Waals surface area contributed by atoms with Gasteiger partial charge in [0.2, 0.25) is 15.7 Å². The van der Waals surface area contributed by atoms with Gasteiger partial charge in [-0.3, -0.25) is 4.79 Å². The average Bonchev–Trinajstić information content (AvgIpc) is 3.06. The monoisotopic (exact) mass is 461 g/mol. The van der Waals surface area contributed by atoms with Gasteiger partial charge in [0.05, 0.1) is 10.6 Å². The second-order valence-corrected chi connectivity index (χ2v) is 10.3. The molecular formula is C20H16BrNO3S2. The van der Waals surface area contributed by atoms with E-state index in [1.165, 1.54) is 11.3 Å². The van der Waals surface area contributed by atoms with Crippen molar-refractivity contribution >= 4 is 48.7 Å². The van der Waals surface area contributed by atoms with Crippen molar-refractivity contribution in [2.75, 3.05) is 5.32 Å². The van der Waals surface area contributed by atoms with Gasteiger partial charge in [0.1, 0.15) is 4.90 Å².